The van der Waals surface area contributed by atoms with E-state index in [4.69, 9.17) is 4.74 Å². The van der Waals surface area contributed by atoms with Gasteiger partial charge in [-0.1, -0.05) is 24.3 Å². The molecule has 2 aliphatic rings. The Kier molecular flexibility index (Phi) is 4.78. The van der Waals surface area contributed by atoms with E-state index in [-0.39, 0.29) is 11.3 Å². The van der Waals surface area contributed by atoms with Crippen molar-refractivity contribution in [2.45, 2.75) is 24.8 Å². The molecule has 2 aliphatic heterocycles. The molecule has 1 saturated heterocycles. The predicted octanol–water partition coefficient (Wildman–Crippen LogP) is 2.05. The van der Waals surface area contributed by atoms with Gasteiger partial charge in [0.1, 0.15) is 5.69 Å². The van der Waals surface area contributed by atoms with Crippen LogP contribution in [0, 0.1) is 0 Å². The summed E-state index contributed by atoms with van der Waals surface area (Å²) in [5.41, 5.74) is 3.60. The van der Waals surface area contributed by atoms with E-state index in [2.05, 4.69) is 39.1 Å². The van der Waals surface area contributed by atoms with E-state index < -0.39 is 0 Å². The zero-order valence-electron chi connectivity index (χ0n) is 15.3. The summed E-state index contributed by atoms with van der Waals surface area (Å²) in [4.78, 5) is 24.0. The molecule has 0 aliphatic carbocycles. The molecule has 26 heavy (non-hydrogen) atoms. The molecule has 1 spiro atoms. The number of imidazole rings is 1. The molecule has 3 heterocycles. The number of amides is 1. The molecular weight excluding hydrogens is 328 g/mol. The van der Waals surface area contributed by atoms with Crippen molar-refractivity contribution < 1.29 is 9.53 Å². The van der Waals surface area contributed by atoms with Gasteiger partial charge in [0, 0.05) is 45.2 Å². The number of rotatable bonds is 4. The number of likely N-dealkylation sites (tertiary alicyclic amines) is 1. The van der Waals surface area contributed by atoms with Gasteiger partial charge in [0.05, 0.1) is 19.1 Å². The number of aromatic nitrogens is 2. The number of nitrogens with zero attached hydrogens (tertiary/aromatic N) is 3. The van der Waals surface area contributed by atoms with Crippen molar-refractivity contribution in [1.82, 2.24) is 19.8 Å². The second-order valence-electron chi connectivity index (χ2n) is 7.40. The molecule has 0 radical (unpaired) electrons. The minimum atomic E-state index is 0.0534. The lowest BCUT2D eigenvalue weighted by Crippen LogP contribution is -2.53. The number of piperidine rings is 1. The van der Waals surface area contributed by atoms with Crippen LogP contribution in [0.25, 0.3) is 0 Å². The van der Waals surface area contributed by atoms with E-state index in [0.29, 0.717) is 5.69 Å². The fourth-order valence-electron chi connectivity index (χ4n) is 4.47. The summed E-state index contributed by atoms with van der Waals surface area (Å²) in [6.07, 6.45) is 5.15. The standard InChI is InChI=1S/C20H26N4O2/c1-26-11-10-23-13-16-4-2-3-5-17(16)20(14-23)6-8-24(9-7-20)19(25)18-12-21-15-22-18/h2-5,12,15H,6-11,13-14H2,1H3,(H,21,22). The van der Waals surface area contributed by atoms with Gasteiger partial charge in [0.15, 0.2) is 0 Å². The molecule has 0 bridgehead atoms. The van der Waals surface area contributed by atoms with E-state index in [9.17, 15) is 4.79 Å². The molecule has 0 unspecified atom stereocenters. The smallest absolute Gasteiger partial charge is 0.271 e. The van der Waals surface area contributed by atoms with Crippen LogP contribution in [0.2, 0.25) is 0 Å². The van der Waals surface area contributed by atoms with Gasteiger partial charge in [-0.2, -0.15) is 0 Å². The first-order chi connectivity index (χ1) is 12.7. The van der Waals surface area contributed by atoms with Gasteiger partial charge < -0.3 is 14.6 Å². The Bertz CT molecular complexity index is 751. The minimum absolute atomic E-state index is 0.0534. The molecule has 1 aromatic carbocycles. The molecular formula is C20H26N4O2. The number of carbonyl (C=O) groups excluding carboxylic acids is 1. The lowest BCUT2D eigenvalue weighted by atomic mass is 9.69. The summed E-state index contributed by atoms with van der Waals surface area (Å²) in [7, 11) is 1.76. The third kappa shape index (κ3) is 3.15. The number of nitrogens with one attached hydrogen (secondary N) is 1. The van der Waals surface area contributed by atoms with Crippen LogP contribution >= 0.6 is 0 Å². The van der Waals surface area contributed by atoms with Crippen LogP contribution in [0.4, 0.5) is 0 Å². The fourth-order valence-corrected chi connectivity index (χ4v) is 4.47. The molecule has 1 amide bonds. The Balaban J connectivity index is 1.53. The van der Waals surface area contributed by atoms with Crippen molar-refractivity contribution in [3.05, 3.63) is 53.6 Å². The van der Waals surface area contributed by atoms with Crippen LogP contribution < -0.4 is 0 Å². The van der Waals surface area contributed by atoms with Crippen LogP contribution in [0.5, 0.6) is 0 Å². The number of fused-ring (bicyclic) bond motifs is 2. The first-order valence-electron chi connectivity index (χ1n) is 9.29. The zero-order chi connectivity index (χ0) is 18.0. The third-order valence-corrected chi connectivity index (χ3v) is 5.86. The first kappa shape index (κ1) is 17.2. The molecule has 4 rings (SSSR count). The molecule has 2 aromatic rings. The number of aromatic amines is 1. The molecule has 1 N–H and O–H groups in total. The Morgan fingerprint density at radius 2 is 2.12 bits per heavy atom. The average molecular weight is 354 g/mol. The SMILES string of the molecule is COCCN1Cc2ccccc2C2(CCN(C(=O)c3cnc[nH]3)CC2)C1. The molecule has 1 aromatic heterocycles. The van der Waals surface area contributed by atoms with Gasteiger partial charge in [-0.15, -0.1) is 0 Å². The lowest BCUT2D eigenvalue weighted by molar-refractivity contribution is 0.0553. The van der Waals surface area contributed by atoms with Gasteiger partial charge in [0.25, 0.3) is 5.91 Å². The van der Waals surface area contributed by atoms with E-state index in [1.807, 2.05) is 4.90 Å². The highest BCUT2D eigenvalue weighted by Crippen LogP contribution is 2.41. The molecule has 6 nitrogen and oxygen atoms in total. The summed E-state index contributed by atoms with van der Waals surface area (Å²) in [5, 5.41) is 0. The Morgan fingerprint density at radius 1 is 1.31 bits per heavy atom. The second-order valence-corrected chi connectivity index (χ2v) is 7.40. The molecule has 6 heteroatoms. The number of ether oxygens (including phenoxy) is 1. The van der Waals surface area contributed by atoms with Crippen LogP contribution in [0.1, 0.15) is 34.5 Å². The van der Waals surface area contributed by atoms with E-state index in [1.54, 1.807) is 19.6 Å². The first-order valence-corrected chi connectivity index (χ1v) is 9.29. The maximum Gasteiger partial charge on any atom is 0.271 e. The average Bonchev–Trinajstić information content (AvgIpc) is 3.21. The van der Waals surface area contributed by atoms with Crippen LogP contribution in [0.3, 0.4) is 0 Å². The highest BCUT2D eigenvalue weighted by molar-refractivity contribution is 5.92. The monoisotopic (exact) mass is 354 g/mol. The maximum atomic E-state index is 12.6. The van der Waals surface area contributed by atoms with Crippen LogP contribution in [0.15, 0.2) is 36.8 Å². The van der Waals surface area contributed by atoms with Gasteiger partial charge in [-0.3, -0.25) is 9.69 Å². The molecule has 0 saturated carbocycles. The van der Waals surface area contributed by atoms with Crippen LogP contribution in [-0.4, -0.2) is 65.6 Å². The molecule has 0 atom stereocenters. The number of hydrogen-bond acceptors (Lipinski definition) is 4. The summed E-state index contributed by atoms with van der Waals surface area (Å²) in [6.45, 7) is 5.29. The van der Waals surface area contributed by atoms with Crippen molar-refractivity contribution in [3.63, 3.8) is 0 Å². The summed E-state index contributed by atoms with van der Waals surface area (Å²) in [6, 6.07) is 8.81. The second kappa shape index (κ2) is 7.21. The Morgan fingerprint density at radius 3 is 2.85 bits per heavy atom. The topological polar surface area (TPSA) is 61.5 Å². The maximum absolute atomic E-state index is 12.6. The number of hydrogen-bond donors (Lipinski definition) is 1. The number of H-pyrrole nitrogens is 1. The van der Waals surface area contributed by atoms with E-state index in [0.717, 1.165) is 52.2 Å². The van der Waals surface area contributed by atoms with Crippen molar-refractivity contribution >= 4 is 5.91 Å². The molecule has 1 fully saturated rings. The van der Waals surface area contributed by atoms with Gasteiger partial charge in [-0.05, 0) is 24.0 Å². The highest BCUT2D eigenvalue weighted by atomic mass is 16.5. The van der Waals surface area contributed by atoms with Crippen molar-refractivity contribution in [2.75, 3.05) is 39.9 Å². The van der Waals surface area contributed by atoms with Crippen molar-refractivity contribution in [3.8, 4) is 0 Å². The third-order valence-electron chi connectivity index (χ3n) is 5.86. The normalized spacial score (nSPS) is 19.5. The summed E-state index contributed by atoms with van der Waals surface area (Å²) in [5.74, 6) is 0.0534. The Labute approximate surface area is 154 Å². The minimum Gasteiger partial charge on any atom is -0.383 e. The largest absolute Gasteiger partial charge is 0.383 e. The quantitative estimate of drug-likeness (QED) is 0.913. The highest BCUT2D eigenvalue weighted by Gasteiger charge is 2.42. The summed E-state index contributed by atoms with van der Waals surface area (Å²) < 4.78 is 5.29. The van der Waals surface area contributed by atoms with E-state index >= 15 is 0 Å². The van der Waals surface area contributed by atoms with E-state index in [1.165, 1.54) is 11.1 Å². The molecule has 138 valence electrons. The van der Waals surface area contributed by atoms with Gasteiger partial charge in [0.2, 0.25) is 0 Å². The van der Waals surface area contributed by atoms with Crippen LogP contribution in [-0.2, 0) is 16.7 Å². The van der Waals surface area contributed by atoms with Crippen molar-refractivity contribution in [1.29, 1.82) is 0 Å². The fraction of sp³-hybridized carbons (Fsp3) is 0.500. The zero-order valence-corrected chi connectivity index (χ0v) is 15.3. The van der Waals surface area contributed by atoms with Gasteiger partial charge in [-0.25, -0.2) is 4.98 Å². The number of carbonyl (C=O) groups is 1. The van der Waals surface area contributed by atoms with Gasteiger partial charge >= 0.3 is 0 Å². The predicted molar refractivity (Wildman–Crippen MR) is 99.0 cm³/mol. The number of methoxy groups -OCH3 is 1. The number of benzene rings is 1. The summed E-state index contributed by atoms with van der Waals surface area (Å²) >= 11 is 0. The Hall–Kier alpha value is -2.18. The lowest BCUT2D eigenvalue weighted by Gasteiger charge is -2.48. The van der Waals surface area contributed by atoms with Crippen molar-refractivity contribution in [2.24, 2.45) is 0 Å².